The molecule has 0 amide bonds. The van der Waals surface area contributed by atoms with Gasteiger partial charge in [-0.05, 0) is 109 Å². The highest BCUT2D eigenvalue weighted by Crippen LogP contribution is 2.39. The third-order valence-electron chi connectivity index (χ3n) is 8.02. The largest absolute Gasteiger partial charge is 0.255 e. The lowest BCUT2D eigenvalue weighted by atomic mass is 10.2. The van der Waals surface area contributed by atoms with Crippen molar-refractivity contribution in [1.29, 1.82) is 0 Å². The summed E-state index contributed by atoms with van der Waals surface area (Å²) < 4.78 is 0. The van der Waals surface area contributed by atoms with E-state index in [0.29, 0.717) is 0 Å². The van der Waals surface area contributed by atoms with E-state index in [1.54, 1.807) is 45.3 Å². The van der Waals surface area contributed by atoms with E-state index < -0.39 is 0 Å². The first-order valence-corrected chi connectivity index (χ1v) is 19.2. The van der Waals surface area contributed by atoms with E-state index in [1.807, 2.05) is 48.8 Å². The SMILES string of the molecule is c1ccc(-c2ccc(-c3cccc(-c4ccc(-c5cccc(-c6ccc(-c7cccc(-c8ccc(-c9ccccn9)s8)n7)s6)n5)s4)n3)s2)nc1. The maximum Gasteiger partial charge on any atom is 0.0809 e. The van der Waals surface area contributed by atoms with Gasteiger partial charge in [0.1, 0.15) is 0 Å². The number of nitrogens with zero attached hydrogens (tertiary/aromatic N) is 5. The van der Waals surface area contributed by atoms with Crippen molar-refractivity contribution in [1.82, 2.24) is 24.9 Å². The van der Waals surface area contributed by atoms with Crippen LogP contribution in [0.5, 0.6) is 0 Å². The standard InChI is InChI=1S/C41H25N5S4/c1-3-24-42-26(8-1)34-16-18-36(47-34)28-10-5-12-30(44-28)38-20-22-40(49-38)32-14-7-15-33(46-32)41-23-21-39(50-41)31-13-6-11-29(45-31)37-19-17-35(48-37)27-9-2-4-25-43-27/h1-25H. The Kier molecular flexibility index (Phi) is 8.23. The van der Waals surface area contributed by atoms with Crippen LogP contribution in [-0.4, -0.2) is 24.9 Å². The highest BCUT2D eigenvalue weighted by atomic mass is 32.1. The minimum absolute atomic E-state index is 0.949. The number of pyridine rings is 5. The van der Waals surface area contributed by atoms with E-state index in [1.165, 1.54) is 0 Å². The van der Waals surface area contributed by atoms with E-state index in [4.69, 9.17) is 15.0 Å². The fourth-order valence-corrected chi connectivity index (χ4v) is 9.39. The van der Waals surface area contributed by atoms with Gasteiger partial charge in [-0.3, -0.25) is 9.97 Å². The van der Waals surface area contributed by atoms with E-state index in [9.17, 15) is 0 Å². The molecule has 0 aliphatic rings. The molecule has 0 fully saturated rings. The Morgan fingerprint density at radius 2 is 0.480 bits per heavy atom. The molecule has 0 aromatic carbocycles. The molecule has 0 N–H and O–H groups in total. The lowest BCUT2D eigenvalue weighted by molar-refractivity contribution is 1.34. The van der Waals surface area contributed by atoms with Crippen LogP contribution in [0.25, 0.3) is 84.6 Å². The van der Waals surface area contributed by atoms with Gasteiger partial charge in [0.05, 0.1) is 84.6 Å². The van der Waals surface area contributed by atoms with Crippen molar-refractivity contribution in [2.24, 2.45) is 0 Å². The average molecular weight is 716 g/mol. The number of thiophene rings is 4. The highest BCUT2D eigenvalue weighted by molar-refractivity contribution is 7.20. The van der Waals surface area contributed by atoms with Gasteiger partial charge in [-0.1, -0.05) is 30.3 Å². The van der Waals surface area contributed by atoms with Gasteiger partial charge in [-0.2, -0.15) is 0 Å². The van der Waals surface area contributed by atoms with Crippen LogP contribution in [0, 0.1) is 0 Å². The molecule has 0 aliphatic carbocycles. The Morgan fingerprint density at radius 3 is 0.720 bits per heavy atom. The van der Waals surface area contributed by atoms with Crippen molar-refractivity contribution in [2.45, 2.75) is 0 Å². The van der Waals surface area contributed by atoms with Crippen molar-refractivity contribution >= 4 is 45.3 Å². The first-order valence-electron chi connectivity index (χ1n) is 15.9. The quantitative estimate of drug-likeness (QED) is 0.157. The first kappa shape index (κ1) is 30.6. The lowest BCUT2D eigenvalue weighted by Gasteiger charge is -2.03. The van der Waals surface area contributed by atoms with Crippen LogP contribution < -0.4 is 0 Å². The molecule has 9 aromatic heterocycles. The lowest BCUT2D eigenvalue weighted by Crippen LogP contribution is -1.84. The third kappa shape index (κ3) is 6.23. The molecular weight excluding hydrogens is 691 g/mol. The summed E-state index contributed by atoms with van der Waals surface area (Å²) in [7, 11) is 0. The third-order valence-corrected chi connectivity index (χ3v) is 12.5. The predicted octanol–water partition coefficient (Wildman–Crippen LogP) is 12.2. The smallest absolute Gasteiger partial charge is 0.0809 e. The van der Waals surface area contributed by atoms with Gasteiger partial charge in [0.15, 0.2) is 0 Å². The Balaban J connectivity index is 0.941. The summed E-state index contributed by atoms with van der Waals surface area (Å²) in [6.45, 7) is 0. The second kappa shape index (κ2) is 13.5. The average Bonchev–Trinajstić information content (AvgIpc) is 4.03. The first-order chi connectivity index (χ1) is 24.7. The molecule has 50 heavy (non-hydrogen) atoms. The van der Waals surface area contributed by atoms with Crippen molar-refractivity contribution < 1.29 is 0 Å². The number of hydrogen-bond acceptors (Lipinski definition) is 9. The monoisotopic (exact) mass is 715 g/mol. The molecule has 5 nitrogen and oxygen atoms in total. The molecule has 0 bridgehead atoms. The molecule has 0 atom stereocenters. The Morgan fingerprint density at radius 1 is 0.240 bits per heavy atom. The molecule has 9 heteroatoms. The normalized spacial score (nSPS) is 11.2. The van der Waals surface area contributed by atoms with Gasteiger partial charge in [0.25, 0.3) is 0 Å². The molecule has 9 rings (SSSR count). The fraction of sp³-hybridized carbons (Fsp3) is 0. The summed E-state index contributed by atoms with van der Waals surface area (Å²) in [5.41, 5.74) is 7.69. The van der Waals surface area contributed by atoms with E-state index in [0.717, 1.165) is 84.6 Å². The fourth-order valence-electron chi connectivity index (χ4n) is 5.60. The summed E-state index contributed by atoms with van der Waals surface area (Å²) in [6, 6.07) is 47.7. The number of aromatic nitrogens is 5. The van der Waals surface area contributed by atoms with E-state index >= 15 is 0 Å². The molecule has 0 unspecified atom stereocenters. The zero-order valence-corrected chi connectivity index (χ0v) is 29.6. The van der Waals surface area contributed by atoms with Gasteiger partial charge >= 0.3 is 0 Å². The van der Waals surface area contributed by atoms with Gasteiger partial charge in [0.2, 0.25) is 0 Å². The van der Waals surface area contributed by atoms with Crippen molar-refractivity contribution in [3.05, 3.63) is 152 Å². The van der Waals surface area contributed by atoms with Gasteiger partial charge in [-0.15, -0.1) is 45.3 Å². The van der Waals surface area contributed by atoms with Gasteiger partial charge in [0, 0.05) is 12.4 Å². The molecule has 0 radical (unpaired) electrons. The minimum atomic E-state index is 0.949. The van der Waals surface area contributed by atoms with Crippen LogP contribution in [0.15, 0.2) is 152 Å². The minimum Gasteiger partial charge on any atom is -0.255 e. The molecule has 238 valence electrons. The summed E-state index contributed by atoms with van der Waals surface area (Å²) in [5.74, 6) is 0. The van der Waals surface area contributed by atoms with Crippen molar-refractivity contribution in [3.63, 3.8) is 0 Å². The zero-order valence-electron chi connectivity index (χ0n) is 26.3. The molecule has 0 saturated carbocycles. The van der Waals surface area contributed by atoms with Crippen LogP contribution in [0.3, 0.4) is 0 Å². The van der Waals surface area contributed by atoms with E-state index in [2.05, 4.69) is 113 Å². The van der Waals surface area contributed by atoms with Crippen LogP contribution in [0.1, 0.15) is 0 Å². The maximum atomic E-state index is 5.09. The summed E-state index contributed by atoms with van der Waals surface area (Å²) in [4.78, 5) is 33.1. The van der Waals surface area contributed by atoms with Gasteiger partial charge < -0.3 is 0 Å². The number of rotatable bonds is 8. The second-order valence-electron chi connectivity index (χ2n) is 11.3. The van der Waals surface area contributed by atoms with Crippen molar-refractivity contribution in [3.8, 4) is 84.6 Å². The highest BCUT2D eigenvalue weighted by Gasteiger charge is 2.14. The van der Waals surface area contributed by atoms with Crippen LogP contribution in [0.4, 0.5) is 0 Å². The zero-order chi connectivity index (χ0) is 33.3. The van der Waals surface area contributed by atoms with E-state index in [-0.39, 0.29) is 0 Å². The Hall–Kier alpha value is -5.45. The maximum absolute atomic E-state index is 5.09. The van der Waals surface area contributed by atoms with Crippen LogP contribution >= 0.6 is 45.3 Å². The predicted molar refractivity (Wildman–Crippen MR) is 210 cm³/mol. The molecule has 0 aliphatic heterocycles. The molecule has 0 spiro atoms. The van der Waals surface area contributed by atoms with Gasteiger partial charge in [-0.25, -0.2) is 15.0 Å². The van der Waals surface area contributed by atoms with Crippen LogP contribution in [0.2, 0.25) is 0 Å². The topological polar surface area (TPSA) is 64.5 Å². The molecule has 9 heterocycles. The number of hydrogen-bond donors (Lipinski definition) is 0. The second-order valence-corrected chi connectivity index (χ2v) is 15.6. The van der Waals surface area contributed by atoms with Crippen molar-refractivity contribution in [2.75, 3.05) is 0 Å². The van der Waals surface area contributed by atoms with Crippen LogP contribution in [-0.2, 0) is 0 Å². The Bertz CT molecular complexity index is 2390. The molecule has 0 saturated heterocycles. The summed E-state index contributed by atoms with van der Waals surface area (Å²) >= 11 is 6.84. The summed E-state index contributed by atoms with van der Waals surface area (Å²) in [5, 5.41) is 0. The Labute approximate surface area is 305 Å². The molecule has 9 aromatic rings. The summed E-state index contributed by atoms with van der Waals surface area (Å²) in [6.07, 6.45) is 3.65. The molecular formula is C41H25N5S4.